The van der Waals surface area contributed by atoms with Gasteiger partial charge in [0.15, 0.2) is 0 Å². The minimum atomic E-state index is 0.225. The van der Waals surface area contributed by atoms with Gasteiger partial charge in [-0.1, -0.05) is 0 Å². The third-order valence-corrected chi connectivity index (χ3v) is 3.55. The molecule has 1 N–H and O–H groups in total. The molecule has 2 aromatic heterocycles. The molecular formula is C15H22N4. The molecular weight excluding hydrogens is 236 g/mol. The summed E-state index contributed by atoms with van der Waals surface area (Å²) in [5, 5.41) is 8.10. The molecule has 0 aliphatic carbocycles. The Morgan fingerprint density at radius 2 is 2.00 bits per heavy atom. The highest BCUT2D eigenvalue weighted by molar-refractivity contribution is 5.49. The summed E-state index contributed by atoms with van der Waals surface area (Å²) in [5.74, 6) is 0. The van der Waals surface area contributed by atoms with Crippen molar-refractivity contribution >= 4 is 5.69 Å². The van der Waals surface area contributed by atoms with E-state index in [9.17, 15) is 0 Å². The zero-order chi connectivity index (χ0) is 14.0. The number of aromatic nitrogens is 3. The zero-order valence-corrected chi connectivity index (χ0v) is 12.4. The lowest BCUT2D eigenvalue weighted by Gasteiger charge is -2.17. The fraction of sp³-hybridized carbons (Fsp3) is 0.467. The Balaban J connectivity index is 2.28. The van der Waals surface area contributed by atoms with Crippen LogP contribution in [-0.2, 0) is 6.54 Å². The van der Waals surface area contributed by atoms with Crippen molar-refractivity contribution in [1.29, 1.82) is 0 Å². The molecule has 0 saturated carbocycles. The molecule has 2 rings (SSSR count). The van der Waals surface area contributed by atoms with Gasteiger partial charge in [0, 0.05) is 24.0 Å². The Bertz CT molecular complexity index is 572. The van der Waals surface area contributed by atoms with Gasteiger partial charge in [-0.3, -0.25) is 9.67 Å². The molecule has 0 aliphatic rings. The quantitative estimate of drug-likeness (QED) is 0.914. The molecule has 0 spiro atoms. The van der Waals surface area contributed by atoms with E-state index in [0.717, 1.165) is 23.6 Å². The number of anilines is 1. The maximum atomic E-state index is 4.57. The van der Waals surface area contributed by atoms with Crippen molar-refractivity contribution in [2.24, 2.45) is 0 Å². The molecule has 0 aliphatic heterocycles. The molecule has 19 heavy (non-hydrogen) atoms. The van der Waals surface area contributed by atoms with E-state index in [1.54, 1.807) is 0 Å². The van der Waals surface area contributed by atoms with Gasteiger partial charge in [0.05, 0.1) is 23.1 Å². The van der Waals surface area contributed by atoms with Gasteiger partial charge >= 0.3 is 0 Å². The van der Waals surface area contributed by atoms with Crippen LogP contribution in [0, 0.1) is 20.8 Å². The van der Waals surface area contributed by atoms with Gasteiger partial charge in [-0.25, -0.2) is 0 Å². The molecule has 4 nitrogen and oxygen atoms in total. The van der Waals surface area contributed by atoms with Crippen molar-refractivity contribution < 1.29 is 0 Å². The fourth-order valence-corrected chi connectivity index (χ4v) is 2.59. The summed E-state index contributed by atoms with van der Waals surface area (Å²) < 4.78 is 2.05. The van der Waals surface area contributed by atoms with Crippen LogP contribution in [0.25, 0.3) is 0 Å². The SMILES string of the molecule is CCn1nc(C)c(C(C)Nc2cccnc2C)c1C. The van der Waals surface area contributed by atoms with E-state index in [1.165, 1.54) is 11.3 Å². The van der Waals surface area contributed by atoms with Crippen molar-refractivity contribution in [3.63, 3.8) is 0 Å². The standard InChI is InChI=1S/C15H22N4/c1-6-19-13(5)15(12(4)18-19)11(3)17-14-8-7-9-16-10(14)2/h7-9,11,17H,6H2,1-5H3. The molecule has 4 heteroatoms. The van der Waals surface area contributed by atoms with Gasteiger partial charge in [-0.2, -0.15) is 5.10 Å². The average Bonchev–Trinajstić information content (AvgIpc) is 2.67. The smallest absolute Gasteiger partial charge is 0.0649 e. The molecule has 0 radical (unpaired) electrons. The Morgan fingerprint density at radius 3 is 2.58 bits per heavy atom. The molecule has 0 saturated heterocycles. The van der Waals surface area contributed by atoms with Crippen molar-refractivity contribution in [3.05, 3.63) is 41.0 Å². The van der Waals surface area contributed by atoms with E-state index in [-0.39, 0.29) is 6.04 Å². The monoisotopic (exact) mass is 258 g/mol. The molecule has 1 unspecified atom stereocenters. The second-order valence-corrected chi connectivity index (χ2v) is 4.90. The van der Waals surface area contributed by atoms with Crippen LogP contribution in [0.2, 0.25) is 0 Å². The molecule has 2 aromatic rings. The highest BCUT2D eigenvalue weighted by Crippen LogP contribution is 2.25. The second kappa shape index (κ2) is 5.43. The summed E-state index contributed by atoms with van der Waals surface area (Å²) in [6.07, 6.45) is 1.82. The number of nitrogens with one attached hydrogen (secondary N) is 1. The predicted molar refractivity (Wildman–Crippen MR) is 78.4 cm³/mol. The predicted octanol–water partition coefficient (Wildman–Crippen LogP) is 3.40. The number of nitrogens with zero attached hydrogens (tertiary/aromatic N) is 3. The number of hydrogen-bond acceptors (Lipinski definition) is 3. The summed E-state index contributed by atoms with van der Waals surface area (Å²) in [6.45, 7) is 11.4. The highest BCUT2D eigenvalue weighted by atomic mass is 15.3. The lowest BCUT2D eigenvalue weighted by molar-refractivity contribution is 0.632. The zero-order valence-electron chi connectivity index (χ0n) is 12.4. The summed E-state index contributed by atoms with van der Waals surface area (Å²) >= 11 is 0. The van der Waals surface area contributed by atoms with E-state index in [2.05, 4.69) is 53.8 Å². The summed E-state index contributed by atoms with van der Waals surface area (Å²) in [4.78, 5) is 4.31. The molecule has 0 fully saturated rings. The Morgan fingerprint density at radius 1 is 1.26 bits per heavy atom. The largest absolute Gasteiger partial charge is 0.377 e. The van der Waals surface area contributed by atoms with Crippen molar-refractivity contribution in [2.75, 3.05) is 5.32 Å². The van der Waals surface area contributed by atoms with Gasteiger partial charge in [0.25, 0.3) is 0 Å². The fourth-order valence-electron chi connectivity index (χ4n) is 2.59. The average molecular weight is 258 g/mol. The molecule has 0 bridgehead atoms. The summed E-state index contributed by atoms with van der Waals surface area (Å²) in [5.41, 5.74) is 5.72. The first-order valence-corrected chi connectivity index (χ1v) is 6.76. The van der Waals surface area contributed by atoms with Crippen LogP contribution >= 0.6 is 0 Å². The second-order valence-electron chi connectivity index (χ2n) is 4.90. The number of hydrogen-bond donors (Lipinski definition) is 1. The first-order valence-electron chi connectivity index (χ1n) is 6.76. The highest BCUT2D eigenvalue weighted by Gasteiger charge is 2.17. The first kappa shape index (κ1) is 13.6. The third kappa shape index (κ3) is 2.62. The molecule has 1 atom stereocenters. The van der Waals surface area contributed by atoms with Crippen LogP contribution in [0.4, 0.5) is 5.69 Å². The van der Waals surface area contributed by atoms with Crippen molar-refractivity contribution in [1.82, 2.24) is 14.8 Å². The Labute approximate surface area is 114 Å². The normalized spacial score (nSPS) is 12.5. The van der Waals surface area contributed by atoms with E-state index >= 15 is 0 Å². The molecule has 0 aromatic carbocycles. The maximum Gasteiger partial charge on any atom is 0.0649 e. The van der Waals surface area contributed by atoms with Gasteiger partial charge < -0.3 is 5.32 Å². The Hall–Kier alpha value is -1.84. The van der Waals surface area contributed by atoms with Crippen LogP contribution in [0.3, 0.4) is 0 Å². The molecule has 0 amide bonds. The van der Waals surface area contributed by atoms with Crippen molar-refractivity contribution in [2.45, 2.75) is 47.2 Å². The van der Waals surface area contributed by atoms with Gasteiger partial charge in [0.1, 0.15) is 0 Å². The van der Waals surface area contributed by atoms with E-state index in [4.69, 9.17) is 0 Å². The van der Waals surface area contributed by atoms with Gasteiger partial charge in [-0.15, -0.1) is 0 Å². The van der Waals surface area contributed by atoms with Crippen LogP contribution in [-0.4, -0.2) is 14.8 Å². The van der Waals surface area contributed by atoms with E-state index < -0.39 is 0 Å². The molecule has 2 heterocycles. The topological polar surface area (TPSA) is 42.7 Å². The van der Waals surface area contributed by atoms with Gasteiger partial charge in [0.2, 0.25) is 0 Å². The van der Waals surface area contributed by atoms with Crippen molar-refractivity contribution in [3.8, 4) is 0 Å². The van der Waals surface area contributed by atoms with Crippen LogP contribution in [0.5, 0.6) is 0 Å². The first-order chi connectivity index (χ1) is 9.04. The molecule has 102 valence electrons. The lowest BCUT2D eigenvalue weighted by Crippen LogP contribution is -2.10. The van der Waals surface area contributed by atoms with Crippen LogP contribution in [0.15, 0.2) is 18.3 Å². The Kier molecular flexibility index (Phi) is 3.88. The number of aryl methyl sites for hydroxylation is 3. The van der Waals surface area contributed by atoms with Crippen LogP contribution in [0.1, 0.15) is 42.5 Å². The summed E-state index contributed by atoms with van der Waals surface area (Å²) in [7, 11) is 0. The van der Waals surface area contributed by atoms with Crippen LogP contribution < -0.4 is 5.32 Å². The minimum absolute atomic E-state index is 0.225. The number of rotatable bonds is 4. The van der Waals surface area contributed by atoms with E-state index in [0.29, 0.717) is 0 Å². The minimum Gasteiger partial charge on any atom is -0.377 e. The van der Waals surface area contributed by atoms with E-state index in [1.807, 2.05) is 19.2 Å². The summed E-state index contributed by atoms with van der Waals surface area (Å²) in [6, 6.07) is 4.24. The lowest BCUT2D eigenvalue weighted by atomic mass is 10.1. The maximum absolute atomic E-state index is 4.57. The third-order valence-electron chi connectivity index (χ3n) is 3.55. The number of pyridine rings is 1. The van der Waals surface area contributed by atoms with Gasteiger partial charge in [-0.05, 0) is 46.8 Å².